The van der Waals surface area contributed by atoms with Crippen molar-refractivity contribution in [2.45, 2.75) is 25.6 Å². The Hall–Kier alpha value is -1.95. The number of amides is 1. The van der Waals surface area contributed by atoms with E-state index in [4.69, 9.17) is 0 Å². The summed E-state index contributed by atoms with van der Waals surface area (Å²) in [4.78, 5) is 24.8. The number of carbonyl (C=O) groups excluding carboxylic acids is 2. The zero-order valence-electron chi connectivity index (χ0n) is 11.4. The zero-order valence-corrected chi connectivity index (χ0v) is 11.4. The maximum atomic E-state index is 13.3. The second-order valence-corrected chi connectivity index (χ2v) is 4.70. The zero-order chi connectivity index (χ0) is 14.7. The van der Waals surface area contributed by atoms with Crippen LogP contribution in [0.2, 0.25) is 0 Å². The van der Waals surface area contributed by atoms with Crippen LogP contribution in [0.5, 0.6) is 0 Å². The van der Waals surface area contributed by atoms with Crippen LogP contribution in [0.4, 0.5) is 4.39 Å². The number of nitrogens with zero attached hydrogens (tertiary/aromatic N) is 1. The van der Waals surface area contributed by atoms with Crippen LogP contribution in [0.3, 0.4) is 0 Å². The molecule has 1 aliphatic heterocycles. The predicted molar refractivity (Wildman–Crippen MR) is 70.1 cm³/mol. The van der Waals surface area contributed by atoms with Crippen LogP contribution in [0.25, 0.3) is 0 Å². The molecule has 0 aliphatic carbocycles. The van der Waals surface area contributed by atoms with Gasteiger partial charge in [0, 0.05) is 6.54 Å². The summed E-state index contributed by atoms with van der Waals surface area (Å²) < 4.78 is 17.9. The maximum Gasteiger partial charge on any atom is 0.307 e. The Balaban J connectivity index is 2.17. The lowest BCUT2D eigenvalue weighted by Gasteiger charge is -2.24. The molecule has 1 N–H and O–H groups in total. The van der Waals surface area contributed by atoms with Crippen molar-refractivity contribution in [3.8, 4) is 0 Å². The summed E-state index contributed by atoms with van der Waals surface area (Å²) in [5.41, 5.74) is 0.660. The lowest BCUT2D eigenvalue weighted by atomic mass is 10.1. The van der Waals surface area contributed by atoms with Crippen molar-refractivity contribution < 1.29 is 18.7 Å². The molecule has 1 aromatic rings. The predicted octanol–water partition coefficient (Wildman–Crippen LogP) is 1.21. The molecule has 0 spiro atoms. The molecule has 0 aromatic heterocycles. The molecule has 1 saturated heterocycles. The van der Waals surface area contributed by atoms with Crippen LogP contribution in [0, 0.1) is 5.82 Å². The summed E-state index contributed by atoms with van der Waals surface area (Å²) >= 11 is 0. The Kier molecular flexibility index (Phi) is 4.34. The molecule has 20 heavy (non-hydrogen) atoms. The van der Waals surface area contributed by atoms with Gasteiger partial charge >= 0.3 is 5.97 Å². The molecule has 1 heterocycles. The quantitative estimate of drug-likeness (QED) is 0.842. The minimum atomic E-state index is -0.419. The van der Waals surface area contributed by atoms with Gasteiger partial charge in [-0.1, -0.05) is 12.1 Å². The summed E-state index contributed by atoms with van der Waals surface area (Å²) in [5, 5.41) is 3.10. The van der Waals surface area contributed by atoms with Gasteiger partial charge in [0.15, 0.2) is 0 Å². The van der Waals surface area contributed by atoms with Crippen molar-refractivity contribution in [1.82, 2.24) is 10.2 Å². The number of ether oxygens (including phenoxy) is 1. The van der Waals surface area contributed by atoms with Crippen molar-refractivity contribution in [2.75, 3.05) is 13.7 Å². The van der Waals surface area contributed by atoms with Crippen LogP contribution in [0.1, 0.15) is 25.1 Å². The van der Waals surface area contributed by atoms with Crippen LogP contribution < -0.4 is 5.32 Å². The van der Waals surface area contributed by atoms with E-state index in [9.17, 15) is 14.0 Å². The third-order valence-electron chi connectivity index (χ3n) is 3.32. The Morgan fingerprint density at radius 1 is 1.50 bits per heavy atom. The summed E-state index contributed by atoms with van der Waals surface area (Å²) in [7, 11) is 1.30. The summed E-state index contributed by atoms with van der Waals surface area (Å²) in [6.07, 6.45) is -0.305. The van der Waals surface area contributed by atoms with E-state index in [0.717, 1.165) is 0 Å². The van der Waals surface area contributed by atoms with Crippen molar-refractivity contribution in [3.63, 3.8) is 0 Å². The fourth-order valence-corrected chi connectivity index (χ4v) is 2.28. The van der Waals surface area contributed by atoms with Gasteiger partial charge in [-0.3, -0.25) is 14.9 Å². The number of methoxy groups -OCH3 is 1. The molecule has 0 saturated carbocycles. The van der Waals surface area contributed by atoms with E-state index in [-0.39, 0.29) is 36.7 Å². The van der Waals surface area contributed by atoms with Crippen LogP contribution in [0.15, 0.2) is 24.3 Å². The van der Waals surface area contributed by atoms with Crippen molar-refractivity contribution in [1.29, 1.82) is 0 Å². The lowest BCUT2D eigenvalue weighted by molar-refractivity contribution is -0.141. The van der Waals surface area contributed by atoms with Crippen LogP contribution >= 0.6 is 0 Å². The third kappa shape index (κ3) is 2.96. The van der Waals surface area contributed by atoms with E-state index < -0.39 is 6.17 Å². The summed E-state index contributed by atoms with van der Waals surface area (Å²) in [6.45, 7) is 1.98. The van der Waals surface area contributed by atoms with Gasteiger partial charge in [-0.05, 0) is 24.6 Å². The number of nitrogens with one attached hydrogen (secondary N) is 1. The standard InChI is InChI=1S/C14H17FN2O3/c1-9-14(19)17(7-6-12(18)20-2)13(16-9)10-4-3-5-11(15)8-10/h3-5,8-9,13,16H,6-7H2,1-2H3. The highest BCUT2D eigenvalue weighted by Crippen LogP contribution is 2.25. The first kappa shape index (κ1) is 14.5. The number of rotatable bonds is 4. The molecule has 1 amide bonds. The van der Waals surface area contributed by atoms with Gasteiger partial charge in [0.05, 0.1) is 19.6 Å². The van der Waals surface area contributed by atoms with Crippen molar-refractivity contribution in [3.05, 3.63) is 35.6 Å². The summed E-state index contributed by atoms with van der Waals surface area (Å²) in [5.74, 6) is -0.845. The van der Waals surface area contributed by atoms with E-state index >= 15 is 0 Å². The Labute approximate surface area is 116 Å². The van der Waals surface area contributed by atoms with Gasteiger partial charge in [-0.15, -0.1) is 0 Å². The lowest BCUT2D eigenvalue weighted by Crippen LogP contribution is -2.32. The average Bonchev–Trinajstić information content (AvgIpc) is 2.72. The Bertz CT molecular complexity index is 521. The van der Waals surface area contributed by atoms with E-state index in [2.05, 4.69) is 10.1 Å². The third-order valence-corrected chi connectivity index (χ3v) is 3.32. The first-order valence-corrected chi connectivity index (χ1v) is 6.41. The number of hydrogen-bond donors (Lipinski definition) is 1. The molecule has 0 bridgehead atoms. The minimum absolute atomic E-state index is 0.108. The fourth-order valence-electron chi connectivity index (χ4n) is 2.28. The fraction of sp³-hybridized carbons (Fsp3) is 0.429. The normalized spacial score (nSPS) is 22.1. The van der Waals surface area contributed by atoms with Gasteiger partial charge < -0.3 is 9.64 Å². The number of halogens is 1. The number of benzene rings is 1. The number of hydrogen-bond acceptors (Lipinski definition) is 4. The van der Waals surface area contributed by atoms with E-state index in [1.54, 1.807) is 19.1 Å². The van der Waals surface area contributed by atoms with Gasteiger partial charge in [0.2, 0.25) is 5.91 Å². The van der Waals surface area contributed by atoms with Gasteiger partial charge in [-0.25, -0.2) is 4.39 Å². The second-order valence-electron chi connectivity index (χ2n) is 4.70. The van der Waals surface area contributed by atoms with E-state index in [1.165, 1.54) is 24.1 Å². The van der Waals surface area contributed by atoms with Gasteiger partial charge in [0.25, 0.3) is 0 Å². The maximum absolute atomic E-state index is 13.3. The van der Waals surface area contributed by atoms with E-state index in [1.807, 2.05) is 0 Å². The van der Waals surface area contributed by atoms with Crippen molar-refractivity contribution in [2.24, 2.45) is 0 Å². The molecular formula is C14H17FN2O3. The monoisotopic (exact) mass is 280 g/mol. The van der Waals surface area contributed by atoms with Crippen LogP contribution in [-0.2, 0) is 14.3 Å². The molecule has 1 aromatic carbocycles. The molecule has 1 aliphatic rings. The highest BCUT2D eigenvalue weighted by atomic mass is 19.1. The highest BCUT2D eigenvalue weighted by molar-refractivity contribution is 5.84. The molecule has 2 atom stereocenters. The largest absolute Gasteiger partial charge is 0.469 e. The first-order valence-electron chi connectivity index (χ1n) is 6.41. The Morgan fingerprint density at radius 2 is 2.25 bits per heavy atom. The molecular weight excluding hydrogens is 263 g/mol. The number of esters is 1. The SMILES string of the molecule is COC(=O)CCN1C(=O)C(C)NC1c1cccc(F)c1. The van der Waals surface area contributed by atoms with Crippen LogP contribution in [-0.4, -0.2) is 36.5 Å². The first-order chi connectivity index (χ1) is 9.52. The Morgan fingerprint density at radius 3 is 2.90 bits per heavy atom. The van der Waals surface area contributed by atoms with Crippen molar-refractivity contribution >= 4 is 11.9 Å². The van der Waals surface area contributed by atoms with E-state index in [0.29, 0.717) is 5.56 Å². The minimum Gasteiger partial charge on any atom is -0.469 e. The number of carbonyl (C=O) groups is 2. The average molecular weight is 280 g/mol. The second kappa shape index (κ2) is 6.00. The molecule has 2 unspecified atom stereocenters. The molecule has 2 rings (SSSR count). The molecule has 108 valence electrons. The smallest absolute Gasteiger partial charge is 0.307 e. The van der Waals surface area contributed by atoms with Gasteiger partial charge in [-0.2, -0.15) is 0 Å². The molecule has 0 radical (unpaired) electrons. The topological polar surface area (TPSA) is 58.6 Å². The highest BCUT2D eigenvalue weighted by Gasteiger charge is 2.37. The molecule has 5 nitrogen and oxygen atoms in total. The van der Waals surface area contributed by atoms with Gasteiger partial charge in [0.1, 0.15) is 12.0 Å². The molecule has 1 fully saturated rings. The molecule has 6 heteroatoms. The summed E-state index contributed by atoms with van der Waals surface area (Å²) in [6, 6.07) is 5.72.